The third kappa shape index (κ3) is 5.71. The molecule has 0 aliphatic carbocycles. The van der Waals surface area contributed by atoms with Crippen molar-refractivity contribution in [1.82, 2.24) is 9.80 Å². The zero-order valence-corrected chi connectivity index (χ0v) is 12.7. The Morgan fingerprint density at radius 1 is 1.44 bits per heavy atom. The quantitative estimate of drug-likeness (QED) is 0.772. The molecule has 110 valence electrons. The molecule has 0 radical (unpaired) electrons. The normalized spacial score (nSPS) is 21.8. The van der Waals surface area contributed by atoms with E-state index in [0.29, 0.717) is 12.6 Å². The summed E-state index contributed by atoms with van der Waals surface area (Å²) in [7, 11) is 0. The number of nitrogens with two attached hydrogens (primary N) is 1. The third-order valence-corrected chi connectivity index (χ3v) is 3.10. The molecule has 1 saturated heterocycles. The van der Waals surface area contributed by atoms with E-state index in [1.165, 1.54) is 0 Å². The van der Waals surface area contributed by atoms with Crippen molar-refractivity contribution >= 4 is 30.7 Å². The lowest BCUT2D eigenvalue weighted by atomic mass is 10.1. The molecule has 18 heavy (non-hydrogen) atoms. The maximum Gasteiger partial charge on any atom is 0.236 e. The number of rotatable bonds is 4. The molecule has 0 aromatic carbocycles. The van der Waals surface area contributed by atoms with Crippen molar-refractivity contribution in [2.24, 2.45) is 5.73 Å². The van der Waals surface area contributed by atoms with Crippen LogP contribution in [-0.4, -0.2) is 65.7 Å². The second-order valence-electron chi connectivity index (χ2n) is 4.45. The fourth-order valence-electron chi connectivity index (χ4n) is 2.22. The van der Waals surface area contributed by atoms with Crippen LogP contribution >= 0.6 is 24.8 Å². The Kier molecular flexibility index (Phi) is 11.0. The summed E-state index contributed by atoms with van der Waals surface area (Å²) >= 11 is 0. The van der Waals surface area contributed by atoms with Gasteiger partial charge in [0.25, 0.3) is 0 Å². The van der Waals surface area contributed by atoms with Gasteiger partial charge in [-0.05, 0) is 13.3 Å². The first kappa shape index (κ1) is 20.3. The van der Waals surface area contributed by atoms with Crippen molar-refractivity contribution in [2.45, 2.75) is 32.4 Å². The van der Waals surface area contributed by atoms with Gasteiger partial charge in [-0.25, -0.2) is 0 Å². The molecule has 1 amide bonds. The molecule has 5 nitrogen and oxygen atoms in total. The predicted octanol–water partition coefficient (Wildman–Crippen LogP) is 0.0923. The van der Waals surface area contributed by atoms with Gasteiger partial charge in [-0.3, -0.25) is 9.69 Å². The van der Waals surface area contributed by atoms with Gasteiger partial charge >= 0.3 is 0 Å². The Bertz CT molecular complexity index is 242. The molecule has 1 rings (SSSR count). The minimum absolute atomic E-state index is 0. The Morgan fingerprint density at radius 2 is 2.06 bits per heavy atom. The van der Waals surface area contributed by atoms with Gasteiger partial charge in [0, 0.05) is 32.2 Å². The smallest absolute Gasteiger partial charge is 0.236 e. The molecule has 1 heterocycles. The van der Waals surface area contributed by atoms with Crippen LogP contribution in [0.1, 0.15) is 20.3 Å². The van der Waals surface area contributed by atoms with Gasteiger partial charge in [0.05, 0.1) is 12.6 Å². The topological polar surface area (TPSA) is 69.8 Å². The highest BCUT2D eigenvalue weighted by Gasteiger charge is 2.28. The standard InChI is InChI=1S/C11H23N3O2.2ClH/c1-3-10-8-14(11(16)6-12)5-4-13(10)7-9(2)15;;/h9-10,15H,3-8,12H2,1-2H3;2*1H. The van der Waals surface area contributed by atoms with Crippen LogP contribution in [0.25, 0.3) is 0 Å². The largest absolute Gasteiger partial charge is 0.392 e. The molecule has 0 aromatic rings. The maximum absolute atomic E-state index is 11.5. The van der Waals surface area contributed by atoms with E-state index >= 15 is 0 Å². The summed E-state index contributed by atoms with van der Waals surface area (Å²) in [6, 6.07) is 0.346. The van der Waals surface area contributed by atoms with E-state index in [2.05, 4.69) is 11.8 Å². The molecule has 0 aromatic heterocycles. The molecule has 3 N–H and O–H groups in total. The molecular formula is C11H25Cl2N3O2. The number of hydrogen-bond donors (Lipinski definition) is 2. The first-order valence-electron chi connectivity index (χ1n) is 5.98. The van der Waals surface area contributed by atoms with Crippen molar-refractivity contribution in [3.05, 3.63) is 0 Å². The third-order valence-electron chi connectivity index (χ3n) is 3.10. The average Bonchev–Trinajstić information content (AvgIpc) is 2.27. The Labute approximate surface area is 122 Å². The molecule has 0 saturated carbocycles. The SMILES string of the molecule is CCC1CN(C(=O)CN)CCN1CC(C)O.Cl.Cl. The van der Waals surface area contributed by atoms with Gasteiger partial charge in [0.2, 0.25) is 5.91 Å². The van der Waals surface area contributed by atoms with E-state index in [1.807, 2.05) is 4.90 Å². The van der Waals surface area contributed by atoms with Crippen LogP contribution in [0, 0.1) is 0 Å². The Hall–Kier alpha value is -0.0700. The molecule has 1 fully saturated rings. The lowest BCUT2D eigenvalue weighted by Gasteiger charge is -2.41. The number of carbonyl (C=O) groups excluding carboxylic acids is 1. The number of hydrogen-bond acceptors (Lipinski definition) is 4. The first-order chi connectivity index (χ1) is 7.58. The van der Waals surface area contributed by atoms with Gasteiger partial charge in [-0.2, -0.15) is 0 Å². The minimum atomic E-state index is -0.314. The molecule has 0 spiro atoms. The fourth-order valence-corrected chi connectivity index (χ4v) is 2.22. The highest BCUT2D eigenvalue weighted by molar-refractivity contribution is 5.85. The van der Waals surface area contributed by atoms with Gasteiger partial charge < -0.3 is 15.7 Å². The van der Waals surface area contributed by atoms with Crippen LogP contribution in [0.2, 0.25) is 0 Å². The van der Waals surface area contributed by atoms with Crippen LogP contribution in [0.3, 0.4) is 0 Å². The van der Waals surface area contributed by atoms with E-state index in [0.717, 1.165) is 26.1 Å². The fraction of sp³-hybridized carbons (Fsp3) is 0.909. The average molecular weight is 302 g/mol. The van der Waals surface area contributed by atoms with Crippen molar-refractivity contribution < 1.29 is 9.90 Å². The van der Waals surface area contributed by atoms with Crippen LogP contribution < -0.4 is 5.73 Å². The lowest BCUT2D eigenvalue weighted by molar-refractivity contribution is -0.133. The van der Waals surface area contributed by atoms with Gasteiger partial charge in [-0.15, -0.1) is 24.8 Å². The number of piperazine rings is 1. The minimum Gasteiger partial charge on any atom is -0.392 e. The van der Waals surface area contributed by atoms with Crippen molar-refractivity contribution in [1.29, 1.82) is 0 Å². The van der Waals surface area contributed by atoms with Crippen LogP contribution in [-0.2, 0) is 4.79 Å². The second kappa shape index (κ2) is 9.81. The van der Waals surface area contributed by atoms with E-state index in [1.54, 1.807) is 6.92 Å². The highest BCUT2D eigenvalue weighted by atomic mass is 35.5. The zero-order chi connectivity index (χ0) is 12.1. The molecule has 2 atom stereocenters. The number of nitrogens with zero attached hydrogens (tertiary/aromatic N) is 2. The monoisotopic (exact) mass is 301 g/mol. The number of carbonyl (C=O) groups is 1. The molecule has 0 bridgehead atoms. The Balaban J connectivity index is 0. The predicted molar refractivity (Wildman–Crippen MR) is 77.5 cm³/mol. The van der Waals surface area contributed by atoms with Crippen molar-refractivity contribution in [2.75, 3.05) is 32.7 Å². The Morgan fingerprint density at radius 3 is 2.50 bits per heavy atom. The van der Waals surface area contributed by atoms with Gasteiger partial charge in [-0.1, -0.05) is 6.92 Å². The first-order valence-corrected chi connectivity index (χ1v) is 5.98. The molecule has 7 heteroatoms. The van der Waals surface area contributed by atoms with E-state index in [4.69, 9.17) is 5.73 Å². The summed E-state index contributed by atoms with van der Waals surface area (Å²) in [5.74, 6) is 0.0233. The summed E-state index contributed by atoms with van der Waals surface area (Å²) < 4.78 is 0. The van der Waals surface area contributed by atoms with E-state index < -0.39 is 0 Å². The van der Waals surface area contributed by atoms with E-state index in [9.17, 15) is 9.90 Å². The summed E-state index contributed by atoms with van der Waals surface area (Å²) in [5, 5.41) is 9.40. The number of β-amino-alcohol motifs (C(OH)–C–C–N with tert-alkyl or cyclic N) is 1. The molecule has 2 unspecified atom stereocenters. The number of amides is 1. The van der Waals surface area contributed by atoms with Gasteiger partial charge in [0.15, 0.2) is 0 Å². The van der Waals surface area contributed by atoms with Crippen LogP contribution in [0.15, 0.2) is 0 Å². The highest BCUT2D eigenvalue weighted by Crippen LogP contribution is 2.13. The summed E-state index contributed by atoms with van der Waals surface area (Å²) in [6.45, 7) is 6.96. The summed E-state index contributed by atoms with van der Waals surface area (Å²) in [6.07, 6.45) is 0.673. The van der Waals surface area contributed by atoms with E-state index in [-0.39, 0.29) is 43.4 Å². The summed E-state index contributed by atoms with van der Waals surface area (Å²) in [5.41, 5.74) is 5.36. The number of aliphatic hydroxyl groups is 1. The van der Waals surface area contributed by atoms with Crippen molar-refractivity contribution in [3.8, 4) is 0 Å². The molecule has 1 aliphatic heterocycles. The number of aliphatic hydroxyl groups excluding tert-OH is 1. The zero-order valence-electron chi connectivity index (χ0n) is 11.0. The van der Waals surface area contributed by atoms with Crippen LogP contribution in [0.5, 0.6) is 0 Å². The van der Waals surface area contributed by atoms with Crippen molar-refractivity contribution in [3.63, 3.8) is 0 Å². The second-order valence-corrected chi connectivity index (χ2v) is 4.45. The van der Waals surface area contributed by atoms with Crippen LogP contribution in [0.4, 0.5) is 0 Å². The van der Waals surface area contributed by atoms with Gasteiger partial charge in [0.1, 0.15) is 0 Å². The molecule has 1 aliphatic rings. The molecular weight excluding hydrogens is 277 g/mol. The lowest BCUT2D eigenvalue weighted by Crippen LogP contribution is -2.56. The summed E-state index contributed by atoms with van der Waals surface area (Å²) in [4.78, 5) is 15.6. The maximum atomic E-state index is 11.5. The number of halogens is 2.